The zero-order valence-electron chi connectivity index (χ0n) is 18.2. The number of aryl methyl sites for hydroxylation is 1. The van der Waals surface area contributed by atoms with Gasteiger partial charge in [-0.15, -0.1) is 11.8 Å². The molecule has 0 saturated carbocycles. The molecule has 0 bridgehead atoms. The number of fused-ring (bicyclic) bond motifs is 1. The second-order valence-corrected chi connectivity index (χ2v) is 11.8. The number of anilines is 1. The monoisotopic (exact) mass is 476 g/mol. The molecule has 1 fully saturated rings. The molecule has 2 aromatic rings. The van der Waals surface area contributed by atoms with Crippen LogP contribution in [0.1, 0.15) is 36.7 Å². The second kappa shape index (κ2) is 8.92. The minimum Gasteiger partial charge on any atom is -0.364 e. The van der Waals surface area contributed by atoms with Crippen LogP contribution in [0, 0.1) is 5.92 Å². The van der Waals surface area contributed by atoms with Gasteiger partial charge < -0.3 is 15.2 Å². The van der Waals surface area contributed by atoms with Gasteiger partial charge in [-0.3, -0.25) is 9.59 Å². The van der Waals surface area contributed by atoms with Crippen LogP contribution in [0.3, 0.4) is 0 Å². The summed E-state index contributed by atoms with van der Waals surface area (Å²) in [5.41, 5.74) is 6.40. The van der Waals surface area contributed by atoms with E-state index in [0.29, 0.717) is 24.6 Å². The molecule has 2 aliphatic heterocycles. The first-order chi connectivity index (χ1) is 15.2. The first-order valence-electron chi connectivity index (χ1n) is 10.7. The lowest BCUT2D eigenvalue weighted by molar-refractivity contribution is -0.123. The molecule has 2 amide bonds. The summed E-state index contributed by atoms with van der Waals surface area (Å²) in [5, 5.41) is 0.428. The van der Waals surface area contributed by atoms with E-state index in [1.807, 2.05) is 23.1 Å². The number of primary amides is 1. The Labute approximate surface area is 192 Å². The van der Waals surface area contributed by atoms with Crippen LogP contribution in [0.5, 0.6) is 0 Å². The van der Waals surface area contributed by atoms with Crippen molar-refractivity contribution in [3.05, 3.63) is 42.2 Å². The zero-order chi connectivity index (χ0) is 23.0. The van der Waals surface area contributed by atoms with Gasteiger partial charge in [0.25, 0.3) is 5.91 Å². The number of nitrogens with two attached hydrogens (primary N) is 1. The molecule has 1 saturated heterocycles. The Bertz CT molecular complexity index is 1140. The Balaban J connectivity index is 1.47. The molecular weight excluding hydrogens is 448 g/mol. The topological polar surface area (TPSA) is 106 Å². The predicted molar refractivity (Wildman–Crippen MR) is 124 cm³/mol. The van der Waals surface area contributed by atoms with Crippen LogP contribution in [-0.2, 0) is 21.9 Å². The fraction of sp³-hybridized carbons (Fsp3) is 0.455. The quantitative estimate of drug-likeness (QED) is 0.730. The molecule has 10 heteroatoms. The molecule has 32 heavy (non-hydrogen) atoms. The fourth-order valence-electron chi connectivity index (χ4n) is 4.35. The highest BCUT2D eigenvalue weighted by atomic mass is 32.2. The van der Waals surface area contributed by atoms with Crippen LogP contribution < -0.4 is 10.6 Å². The molecule has 172 valence electrons. The van der Waals surface area contributed by atoms with E-state index in [9.17, 15) is 18.0 Å². The molecule has 0 spiro atoms. The summed E-state index contributed by atoms with van der Waals surface area (Å²) in [4.78, 5) is 28.0. The van der Waals surface area contributed by atoms with E-state index >= 15 is 0 Å². The Morgan fingerprint density at radius 2 is 1.78 bits per heavy atom. The summed E-state index contributed by atoms with van der Waals surface area (Å²) in [6.07, 6.45) is 3.25. The number of carbonyl (C=O) groups is 2. The lowest BCUT2D eigenvalue weighted by Crippen LogP contribution is -2.44. The highest BCUT2D eigenvalue weighted by Gasteiger charge is 2.36. The third-order valence-corrected chi connectivity index (χ3v) is 9.28. The number of rotatable bonds is 4. The van der Waals surface area contributed by atoms with Crippen molar-refractivity contribution in [2.24, 2.45) is 18.7 Å². The van der Waals surface area contributed by atoms with Gasteiger partial charge in [0, 0.05) is 48.9 Å². The van der Waals surface area contributed by atoms with E-state index in [2.05, 4.69) is 13.0 Å². The van der Waals surface area contributed by atoms with E-state index in [-0.39, 0.29) is 35.5 Å². The van der Waals surface area contributed by atoms with Gasteiger partial charge >= 0.3 is 0 Å². The number of amides is 2. The first-order valence-corrected chi connectivity index (χ1v) is 13.0. The number of nitrogens with zero attached hydrogens (tertiary/aromatic N) is 3. The third kappa shape index (κ3) is 4.31. The Kier molecular flexibility index (Phi) is 6.37. The fourth-order valence-corrected chi connectivity index (χ4v) is 7.00. The summed E-state index contributed by atoms with van der Waals surface area (Å²) < 4.78 is 28.9. The average molecular weight is 477 g/mol. The smallest absolute Gasteiger partial charge is 0.265 e. The SMILES string of the molecule is CC1CCN(C(=O)C2CCN(S(=O)(=O)c3cc(C(N)=O)n(C)c3)CC2)c2ccccc2S1. The zero-order valence-corrected chi connectivity index (χ0v) is 19.9. The molecule has 1 aromatic heterocycles. The van der Waals surface area contributed by atoms with Gasteiger partial charge in [0.15, 0.2) is 0 Å². The molecule has 2 aliphatic rings. The van der Waals surface area contributed by atoms with Crippen molar-refractivity contribution < 1.29 is 18.0 Å². The van der Waals surface area contributed by atoms with Crippen LogP contribution in [0.2, 0.25) is 0 Å². The van der Waals surface area contributed by atoms with Gasteiger partial charge in [0.2, 0.25) is 15.9 Å². The minimum absolute atomic E-state index is 0.0473. The lowest BCUT2D eigenvalue weighted by atomic mass is 9.96. The molecule has 0 aliphatic carbocycles. The Morgan fingerprint density at radius 3 is 2.44 bits per heavy atom. The molecule has 8 nitrogen and oxygen atoms in total. The van der Waals surface area contributed by atoms with Gasteiger partial charge in [-0.05, 0) is 37.5 Å². The molecule has 4 rings (SSSR count). The van der Waals surface area contributed by atoms with Crippen LogP contribution in [0.15, 0.2) is 46.3 Å². The van der Waals surface area contributed by atoms with Crippen LogP contribution in [0.4, 0.5) is 5.69 Å². The van der Waals surface area contributed by atoms with Crippen LogP contribution in [0.25, 0.3) is 0 Å². The van der Waals surface area contributed by atoms with Gasteiger partial charge in [0.1, 0.15) is 10.6 Å². The second-order valence-electron chi connectivity index (χ2n) is 8.39. The Hall–Kier alpha value is -2.30. The molecule has 1 aromatic carbocycles. The number of carbonyl (C=O) groups excluding carboxylic acids is 2. The highest BCUT2D eigenvalue weighted by molar-refractivity contribution is 8.00. The van der Waals surface area contributed by atoms with E-state index in [1.165, 1.54) is 21.1 Å². The summed E-state index contributed by atoms with van der Waals surface area (Å²) >= 11 is 1.79. The summed E-state index contributed by atoms with van der Waals surface area (Å²) in [6.45, 7) is 3.37. The first kappa shape index (κ1) is 22.9. The number of aromatic nitrogens is 1. The van der Waals surface area contributed by atoms with Gasteiger partial charge in [0.05, 0.1) is 5.69 Å². The number of para-hydroxylation sites is 1. The number of sulfonamides is 1. The predicted octanol–water partition coefficient (Wildman–Crippen LogP) is 2.44. The molecule has 0 radical (unpaired) electrons. The summed E-state index contributed by atoms with van der Waals surface area (Å²) in [6, 6.07) is 9.29. The highest BCUT2D eigenvalue weighted by Crippen LogP contribution is 2.38. The van der Waals surface area contributed by atoms with Crippen molar-refractivity contribution in [1.29, 1.82) is 0 Å². The molecule has 2 N–H and O–H groups in total. The maximum Gasteiger partial charge on any atom is 0.265 e. The standard InChI is InChI=1S/C22H28N4O4S2/c1-15-7-12-26(18-5-3-4-6-20(18)31-15)22(28)16-8-10-25(11-9-16)32(29,30)17-13-19(21(23)27)24(2)14-17/h3-6,13-16H,7-12H2,1-2H3,(H2,23,27). The van der Waals surface area contributed by atoms with Gasteiger partial charge in [-0.25, -0.2) is 8.42 Å². The lowest BCUT2D eigenvalue weighted by Gasteiger charge is -2.33. The molecular formula is C22H28N4O4S2. The number of hydrogen-bond donors (Lipinski definition) is 1. The molecule has 3 heterocycles. The maximum absolute atomic E-state index is 13.4. The van der Waals surface area contributed by atoms with Gasteiger partial charge in [-0.2, -0.15) is 4.31 Å². The maximum atomic E-state index is 13.4. The number of thioether (sulfide) groups is 1. The number of hydrogen-bond acceptors (Lipinski definition) is 5. The van der Waals surface area contributed by atoms with E-state index < -0.39 is 15.9 Å². The third-order valence-electron chi connectivity index (χ3n) is 6.18. The van der Waals surface area contributed by atoms with Crippen molar-refractivity contribution in [2.45, 2.75) is 41.2 Å². The molecule has 1 atom stereocenters. The van der Waals surface area contributed by atoms with Crippen LogP contribution in [-0.4, -0.2) is 54.0 Å². The Morgan fingerprint density at radius 1 is 1.09 bits per heavy atom. The largest absolute Gasteiger partial charge is 0.364 e. The summed E-state index contributed by atoms with van der Waals surface area (Å²) in [5.74, 6) is -0.826. The number of piperidine rings is 1. The van der Waals surface area contributed by atoms with Gasteiger partial charge in [-0.1, -0.05) is 19.1 Å². The van der Waals surface area contributed by atoms with Crippen molar-refractivity contribution in [3.8, 4) is 0 Å². The summed E-state index contributed by atoms with van der Waals surface area (Å²) in [7, 11) is -2.17. The van der Waals surface area contributed by atoms with E-state index in [4.69, 9.17) is 5.73 Å². The van der Waals surface area contributed by atoms with Crippen molar-refractivity contribution in [2.75, 3.05) is 24.5 Å². The van der Waals surface area contributed by atoms with E-state index in [0.717, 1.165) is 17.0 Å². The minimum atomic E-state index is -3.76. The van der Waals surface area contributed by atoms with E-state index in [1.54, 1.807) is 18.8 Å². The van der Waals surface area contributed by atoms with Crippen molar-refractivity contribution >= 4 is 39.3 Å². The normalized spacial score (nSPS) is 20.6. The van der Waals surface area contributed by atoms with Crippen molar-refractivity contribution in [1.82, 2.24) is 8.87 Å². The average Bonchev–Trinajstić information content (AvgIpc) is 3.09. The van der Waals surface area contributed by atoms with Crippen molar-refractivity contribution in [3.63, 3.8) is 0 Å². The number of benzene rings is 1. The van der Waals surface area contributed by atoms with Crippen LogP contribution >= 0.6 is 11.8 Å². The molecule has 1 unspecified atom stereocenters.